The number of carbonyl (C=O) groups is 1. The van der Waals surface area contributed by atoms with Crippen molar-refractivity contribution in [3.05, 3.63) is 83.4 Å². The van der Waals surface area contributed by atoms with Gasteiger partial charge in [0, 0.05) is 39.3 Å². The van der Waals surface area contributed by atoms with Gasteiger partial charge >= 0.3 is 6.03 Å². The lowest BCUT2D eigenvalue weighted by Gasteiger charge is -2.29. The van der Waals surface area contributed by atoms with Crippen LogP contribution in [0.4, 0.5) is 4.79 Å². The molecule has 1 N–H and O–H groups in total. The van der Waals surface area contributed by atoms with Crippen LogP contribution in [0.25, 0.3) is 10.8 Å². The summed E-state index contributed by atoms with van der Waals surface area (Å²) in [5.74, 6) is 0. The van der Waals surface area contributed by atoms with Crippen molar-refractivity contribution >= 4 is 16.8 Å². The number of nitrogens with one attached hydrogen (secondary N) is 1. The maximum Gasteiger partial charge on any atom is 0.318 e. The molecule has 2 heterocycles. The zero-order chi connectivity index (χ0) is 26.2. The molecular formula is C32H42N4O2. The number of nitrogens with zero attached hydrogens (tertiary/aromatic N) is 3. The topological polar surface area (TPSA) is 48.1 Å². The molecule has 202 valence electrons. The van der Waals surface area contributed by atoms with Crippen LogP contribution in [0.2, 0.25) is 0 Å². The van der Waals surface area contributed by atoms with Gasteiger partial charge in [-0.25, -0.2) is 4.79 Å². The SMILES string of the molecule is C[C@H](NC(=O)N(CCCN1CCOCC1)Cc1ccc(CN2CCCC2)cc1)c1cccc2ccccc12. The molecule has 0 saturated carbocycles. The molecule has 2 fully saturated rings. The highest BCUT2D eigenvalue weighted by Crippen LogP contribution is 2.24. The molecule has 5 rings (SSSR count). The van der Waals surface area contributed by atoms with E-state index in [9.17, 15) is 4.79 Å². The van der Waals surface area contributed by atoms with E-state index in [-0.39, 0.29) is 12.1 Å². The summed E-state index contributed by atoms with van der Waals surface area (Å²) in [5, 5.41) is 5.69. The van der Waals surface area contributed by atoms with Gasteiger partial charge < -0.3 is 15.0 Å². The predicted octanol–water partition coefficient (Wildman–Crippen LogP) is 5.43. The fraction of sp³-hybridized carbons (Fsp3) is 0.469. The number of carbonyl (C=O) groups excluding carboxylic acids is 1. The van der Waals surface area contributed by atoms with Crippen LogP contribution in [0.1, 0.15) is 48.9 Å². The van der Waals surface area contributed by atoms with Crippen LogP contribution in [0.3, 0.4) is 0 Å². The van der Waals surface area contributed by atoms with Crippen molar-refractivity contribution in [2.75, 3.05) is 52.5 Å². The number of urea groups is 1. The number of ether oxygens (including phenoxy) is 1. The summed E-state index contributed by atoms with van der Waals surface area (Å²) in [6.07, 6.45) is 3.57. The summed E-state index contributed by atoms with van der Waals surface area (Å²) in [6, 6.07) is 23.5. The van der Waals surface area contributed by atoms with E-state index in [1.54, 1.807) is 0 Å². The highest BCUT2D eigenvalue weighted by molar-refractivity contribution is 5.86. The van der Waals surface area contributed by atoms with Crippen LogP contribution in [0.15, 0.2) is 66.7 Å². The van der Waals surface area contributed by atoms with Crippen molar-refractivity contribution < 1.29 is 9.53 Å². The molecular weight excluding hydrogens is 472 g/mol. The van der Waals surface area contributed by atoms with Gasteiger partial charge in [0.15, 0.2) is 0 Å². The minimum absolute atomic E-state index is 0.00597. The largest absolute Gasteiger partial charge is 0.379 e. The molecule has 0 aliphatic carbocycles. The normalized spacial score (nSPS) is 17.5. The third-order valence-electron chi connectivity index (χ3n) is 7.92. The van der Waals surface area contributed by atoms with E-state index in [1.807, 2.05) is 4.90 Å². The van der Waals surface area contributed by atoms with Gasteiger partial charge in [-0.1, -0.05) is 66.7 Å². The second-order valence-electron chi connectivity index (χ2n) is 10.8. The Morgan fingerprint density at radius 3 is 2.39 bits per heavy atom. The molecule has 3 aromatic carbocycles. The molecule has 0 unspecified atom stereocenters. The molecule has 2 amide bonds. The van der Waals surface area contributed by atoms with Crippen molar-refractivity contribution in [2.24, 2.45) is 0 Å². The number of benzene rings is 3. The van der Waals surface area contributed by atoms with Crippen LogP contribution in [-0.4, -0.2) is 73.2 Å². The number of fused-ring (bicyclic) bond motifs is 1. The Bertz CT molecular complexity index is 1160. The molecule has 2 saturated heterocycles. The summed E-state index contributed by atoms with van der Waals surface area (Å²) in [6.45, 7) is 11.4. The Labute approximate surface area is 227 Å². The molecule has 0 aromatic heterocycles. The number of morpholine rings is 1. The Hall–Kier alpha value is -2.93. The second-order valence-corrected chi connectivity index (χ2v) is 10.8. The first-order chi connectivity index (χ1) is 18.7. The third-order valence-corrected chi connectivity index (χ3v) is 7.92. The van der Waals surface area contributed by atoms with E-state index in [4.69, 9.17) is 4.74 Å². The molecule has 1 atom stereocenters. The summed E-state index contributed by atoms with van der Waals surface area (Å²) in [4.78, 5) is 20.6. The summed E-state index contributed by atoms with van der Waals surface area (Å²) < 4.78 is 5.49. The van der Waals surface area contributed by atoms with Crippen molar-refractivity contribution in [1.82, 2.24) is 20.0 Å². The Balaban J connectivity index is 1.24. The molecule has 38 heavy (non-hydrogen) atoms. The fourth-order valence-corrected chi connectivity index (χ4v) is 5.71. The monoisotopic (exact) mass is 514 g/mol. The molecule has 2 aliphatic heterocycles. The standard InChI is InChI=1S/C32H42N4O2/c1-26(30-11-6-9-29-8-2-3-10-31(29)30)33-32(37)36(19-7-18-34-20-22-38-23-21-34)25-28-14-12-27(13-15-28)24-35-16-4-5-17-35/h2-3,6,8-15,26H,4-5,7,16-25H2,1H3,(H,33,37)/t26-/m0/s1. The average molecular weight is 515 g/mol. The van der Waals surface area contributed by atoms with Gasteiger partial charge in [0.05, 0.1) is 19.3 Å². The number of hydrogen-bond donors (Lipinski definition) is 1. The van der Waals surface area contributed by atoms with Crippen molar-refractivity contribution in [3.8, 4) is 0 Å². The fourth-order valence-electron chi connectivity index (χ4n) is 5.71. The lowest BCUT2D eigenvalue weighted by molar-refractivity contribution is 0.0364. The zero-order valence-electron chi connectivity index (χ0n) is 22.8. The van der Waals surface area contributed by atoms with E-state index in [2.05, 4.69) is 88.8 Å². The van der Waals surface area contributed by atoms with E-state index in [0.29, 0.717) is 6.54 Å². The Morgan fingerprint density at radius 1 is 0.895 bits per heavy atom. The first-order valence-corrected chi connectivity index (χ1v) is 14.3. The number of likely N-dealkylation sites (tertiary alicyclic amines) is 1. The van der Waals surface area contributed by atoms with Crippen LogP contribution in [0, 0.1) is 0 Å². The molecule has 3 aromatic rings. The molecule has 0 spiro atoms. The molecule has 6 heteroatoms. The maximum atomic E-state index is 13.6. The zero-order valence-corrected chi connectivity index (χ0v) is 22.8. The van der Waals surface area contributed by atoms with Crippen LogP contribution < -0.4 is 5.32 Å². The Kier molecular flexibility index (Phi) is 9.28. The molecule has 0 radical (unpaired) electrons. The van der Waals surface area contributed by atoms with E-state index < -0.39 is 0 Å². The van der Waals surface area contributed by atoms with E-state index in [0.717, 1.165) is 57.9 Å². The van der Waals surface area contributed by atoms with Gasteiger partial charge in [-0.05, 0) is 66.7 Å². The Morgan fingerprint density at radius 2 is 1.61 bits per heavy atom. The number of hydrogen-bond acceptors (Lipinski definition) is 4. The summed E-state index contributed by atoms with van der Waals surface area (Å²) in [7, 11) is 0. The third kappa shape index (κ3) is 7.13. The van der Waals surface area contributed by atoms with Crippen LogP contribution >= 0.6 is 0 Å². The average Bonchev–Trinajstić information content (AvgIpc) is 3.47. The summed E-state index contributed by atoms with van der Waals surface area (Å²) >= 11 is 0. The van der Waals surface area contributed by atoms with Gasteiger partial charge in [-0.2, -0.15) is 0 Å². The molecule has 2 aliphatic rings. The van der Waals surface area contributed by atoms with Crippen molar-refractivity contribution in [1.29, 1.82) is 0 Å². The van der Waals surface area contributed by atoms with Gasteiger partial charge in [0.25, 0.3) is 0 Å². The highest BCUT2D eigenvalue weighted by atomic mass is 16.5. The minimum atomic E-state index is -0.0850. The van der Waals surface area contributed by atoms with Crippen molar-refractivity contribution in [2.45, 2.75) is 45.3 Å². The van der Waals surface area contributed by atoms with Gasteiger partial charge in [0.2, 0.25) is 0 Å². The van der Waals surface area contributed by atoms with E-state index in [1.165, 1.54) is 47.8 Å². The lowest BCUT2D eigenvalue weighted by atomic mass is 10.00. The van der Waals surface area contributed by atoms with Crippen LogP contribution in [-0.2, 0) is 17.8 Å². The first-order valence-electron chi connectivity index (χ1n) is 14.3. The number of rotatable bonds is 10. The van der Waals surface area contributed by atoms with E-state index >= 15 is 0 Å². The highest BCUT2D eigenvalue weighted by Gasteiger charge is 2.19. The lowest BCUT2D eigenvalue weighted by Crippen LogP contribution is -2.43. The molecule has 6 nitrogen and oxygen atoms in total. The van der Waals surface area contributed by atoms with Gasteiger partial charge in [0.1, 0.15) is 0 Å². The maximum absolute atomic E-state index is 13.6. The minimum Gasteiger partial charge on any atom is -0.379 e. The number of amides is 2. The predicted molar refractivity (Wildman–Crippen MR) is 154 cm³/mol. The quantitative estimate of drug-likeness (QED) is 0.392. The van der Waals surface area contributed by atoms with Crippen LogP contribution in [0.5, 0.6) is 0 Å². The molecule has 0 bridgehead atoms. The van der Waals surface area contributed by atoms with Gasteiger partial charge in [-0.3, -0.25) is 9.80 Å². The van der Waals surface area contributed by atoms with Gasteiger partial charge in [-0.15, -0.1) is 0 Å². The smallest absolute Gasteiger partial charge is 0.318 e. The second kappa shape index (κ2) is 13.2. The summed E-state index contributed by atoms with van der Waals surface area (Å²) in [5.41, 5.74) is 3.68. The van der Waals surface area contributed by atoms with Crippen molar-refractivity contribution in [3.63, 3.8) is 0 Å². The first kappa shape index (κ1) is 26.7.